The lowest BCUT2D eigenvalue weighted by molar-refractivity contribution is 0.118. The zero-order valence-corrected chi connectivity index (χ0v) is 17.6. The second-order valence-electron chi connectivity index (χ2n) is 8.52. The van der Waals surface area contributed by atoms with Crippen molar-refractivity contribution < 1.29 is 9.47 Å². The number of nitriles is 1. The van der Waals surface area contributed by atoms with E-state index in [-0.39, 0.29) is 17.4 Å². The molecule has 0 spiro atoms. The average molecular weight is 389 g/mol. The summed E-state index contributed by atoms with van der Waals surface area (Å²) in [5.41, 5.74) is 5.31. The molecule has 0 aromatic heterocycles. The summed E-state index contributed by atoms with van der Waals surface area (Å²) in [7, 11) is 1.71. The van der Waals surface area contributed by atoms with E-state index in [0.717, 1.165) is 35.6 Å². The van der Waals surface area contributed by atoms with Crippen molar-refractivity contribution in [3.8, 4) is 17.6 Å². The molecule has 3 atom stereocenters. The number of benzene rings is 2. The lowest BCUT2D eigenvalue weighted by atomic mass is 9.62. The van der Waals surface area contributed by atoms with Gasteiger partial charge in [0.25, 0.3) is 0 Å². The number of fused-ring (bicyclic) bond motifs is 4. The number of methoxy groups -OCH3 is 1. The fourth-order valence-corrected chi connectivity index (χ4v) is 4.90. The monoisotopic (exact) mass is 388 g/mol. The summed E-state index contributed by atoms with van der Waals surface area (Å²) in [6.45, 7) is 7.24. The van der Waals surface area contributed by atoms with Crippen LogP contribution in [0.1, 0.15) is 56.3 Å². The van der Waals surface area contributed by atoms with Crippen LogP contribution in [0.5, 0.6) is 11.5 Å². The summed E-state index contributed by atoms with van der Waals surface area (Å²) < 4.78 is 11.9. The molecule has 0 radical (unpaired) electrons. The van der Waals surface area contributed by atoms with Crippen molar-refractivity contribution in [2.75, 3.05) is 19.0 Å². The van der Waals surface area contributed by atoms with Gasteiger partial charge in [-0.1, -0.05) is 24.6 Å². The Morgan fingerprint density at radius 2 is 2.17 bits per heavy atom. The SMILES string of the molecule is COc1cccc2c1[C@H]1Nc3ccc(C#N)cc3[C@](C)(CCC=C(C)C)[C@H]1CO2. The molecule has 150 valence electrons. The first kappa shape index (κ1) is 19.4. The molecule has 2 aromatic carbocycles. The van der Waals surface area contributed by atoms with Crippen LogP contribution in [0.15, 0.2) is 48.0 Å². The van der Waals surface area contributed by atoms with E-state index in [9.17, 15) is 5.26 Å². The lowest BCUT2D eigenvalue weighted by Gasteiger charge is -2.50. The zero-order chi connectivity index (χ0) is 20.6. The molecular weight excluding hydrogens is 360 g/mol. The molecule has 0 fully saturated rings. The number of anilines is 1. The molecular formula is C25H28N2O2. The Labute approximate surface area is 173 Å². The highest BCUT2D eigenvalue weighted by atomic mass is 16.5. The van der Waals surface area contributed by atoms with Crippen molar-refractivity contribution in [2.45, 2.75) is 45.1 Å². The number of hydrogen-bond donors (Lipinski definition) is 1. The van der Waals surface area contributed by atoms with E-state index < -0.39 is 0 Å². The molecule has 4 heteroatoms. The number of rotatable bonds is 4. The number of nitrogens with one attached hydrogen (secondary N) is 1. The summed E-state index contributed by atoms with van der Waals surface area (Å²) in [4.78, 5) is 0. The van der Waals surface area contributed by atoms with Gasteiger partial charge in [0.05, 0.1) is 37.0 Å². The second kappa shape index (κ2) is 7.48. The third-order valence-electron chi connectivity index (χ3n) is 6.49. The Kier molecular flexibility index (Phi) is 5.00. The fraction of sp³-hybridized carbons (Fsp3) is 0.400. The molecule has 1 N–H and O–H groups in total. The minimum atomic E-state index is -0.122. The van der Waals surface area contributed by atoms with Crippen LogP contribution in [-0.4, -0.2) is 13.7 Å². The molecule has 2 aliphatic rings. The van der Waals surface area contributed by atoms with E-state index in [2.05, 4.69) is 44.3 Å². The van der Waals surface area contributed by atoms with E-state index >= 15 is 0 Å². The van der Waals surface area contributed by atoms with Gasteiger partial charge in [-0.25, -0.2) is 0 Å². The van der Waals surface area contributed by atoms with Crippen molar-refractivity contribution in [3.05, 3.63) is 64.7 Å². The number of nitrogens with zero attached hydrogens (tertiary/aromatic N) is 1. The average Bonchev–Trinajstić information content (AvgIpc) is 2.72. The molecule has 2 heterocycles. The van der Waals surface area contributed by atoms with Gasteiger partial charge in [0, 0.05) is 17.0 Å². The summed E-state index contributed by atoms with van der Waals surface area (Å²) in [6, 6.07) is 14.4. The fourth-order valence-electron chi connectivity index (χ4n) is 4.90. The molecule has 0 saturated carbocycles. The minimum absolute atomic E-state index is 0.104. The highest BCUT2D eigenvalue weighted by Crippen LogP contribution is 2.55. The number of allylic oxidation sites excluding steroid dienone is 2. The van der Waals surface area contributed by atoms with Gasteiger partial charge in [-0.2, -0.15) is 5.26 Å². The van der Waals surface area contributed by atoms with Gasteiger partial charge in [0.1, 0.15) is 11.5 Å². The van der Waals surface area contributed by atoms with Gasteiger partial charge in [-0.3, -0.25) is 0 Å². The van der Waals surface area contributed by atoms with Crippen molar-refractivity contribution in [1.29, 1.82) is 5.26 Å². The van der Waals surface area contributed by atoms with Crippen molar-refractivity contribution in [3.63, 3.8) is 0 Å². The van der Waals surface area contributed by atoms with Crippen LogP contribution in [0.2, 0.25) is 0 Å². The van der Waals surface area contributed by atoms with E-state index in [1.54, 1.807) is 7.11 Å². The maximum absolute atomic E-state index is 9.47. The highest BCUT2D eigenvalue weighted by Gasteiger charge is 2.49. The smallest absolute Gasteiger partial charge is 0.128 e. The van der Waals surface area contributed by atoms with Crippen LogP contribution in [0.4, 0.5) is 5.69 Å². The Bertz CT molecular complexity index is 986. The zero-order valence-electron chi connectivity index (χ0n) is 17.6. The van der Waals surface area contributed by atoms with Crippen LogP contribution in [-0.2, 0) is 5.41 Å². The van der Waals surface area contributed by atoms with Gasteiger partial charge in [-0.05, 0) is 62.6 Å². The molecule has 2 aromatic rings. The molecule has 4 nitrogen and oxygen atoms in total. The number of hydrogen-bond acceptors (Lipinski definition) is 4. The molecule has 0 aliphatic carbocycles. The first-order valence-electron chi connectivity index (χ1n) is 10.2. The van der Waals surface area contributed by atoms with Crippen LogP contribution in [0.3, 0.4) is 0 Å². The van der Waals surface area contributed by atoms with Crippen molar-refractivity contribution in [1.82, 2.24) is 0 Å². The van der Waals surface area contributed by atoms with E-state index in [4.69, 9.17) is 9.47 Å². The predicted octanol–water partition coefficient (Wildman–Crippen LogP) is 5.75. The quantitative estimate of drug-likeness (QED) is 0.678. The molecule has 29 heavy (non-hydrogen) atoms. The maximum Gasteiger partial charge on any atom is 0.128 e. The Morgan fingerprint density at radius 3 is 2.90 bits per heavy atom. The Hall–Kier alpha value is -2.93. The first-order valence-corrected chi connectivity index (χ1v) is 10.2. The van der Waals surface area contributed by atoms with Crippen LogP contribution in [0.25, 0.3) is 0 Å². The molecule has 0 bridgehead atoms. The summed E-state index contributed by atoms with van der Waals surface area (Å²) in [5, 5.41) is 13.2. The van der Waals surface area contributed by atoms with Crippen molar-refractivity contribution in [2.24, 2.45) is 5.92 Å². The topological polar surface area (TPSA) is 54.3 Å². The normalized spacial score (nSPS) is 24.0. The largest absolute Gasteiger partial charge is 0.496 e. The molecule has 0 unspecified atom stereocenters. The maximum atomic E-state index is 9.47. The first-order chi connectivity index (χ1) is 14.0. The third kappa shape index (κ3) is 3.25. The van der Waals surface area contributed by atoms with E-state index in [1.165, 1.54) is 11.1 Å². The van der Waals surface area contributed by atoms with Crippen LogP contribution < -0.4 is 14.8 Å². The van der Waals surface area contributed by atoms with Crippen LogP contribution in [0, 0.1) is 17.2 Å². The minimum Gasteiger partial charge on any atom is -0.496 e. The van der Waals surface area contributed by atoms with Gasteiger partial charge in [0.15, 0.2) is 0 Å². The van der Waals surface area contributed by atoms with Gasteiger partial charge >= 0.3 is 0 Å². The van der Waals surface area contributed by atoms with Gasteiger partial charge in [-0.15, -0.1) is 0 Å². The van der Waals surface area contributed by atoms with Crippen molar-refractivity contribution >= 4 is 5.69 Å². The molecule has 0 saturated heterocycles. The standard InChI is InChI=1S/C25H28N2O2/c1-16(2)7-6-12-25(3)18-13-17(14-26)10-11-20(18)27-24-19(25)15-29-22-9-5-8-21(28-4)23(22)24/h5,7-11,13,19,24,27H,6,12,15H2,1-4H3/t19-,24-,25-/m0/s1. The van der Waals surface area contributed by atoms with E-state index in [1.807, 2.05) is 30.3 Å². The summed E-state index contributed by atoms with van der Waals surface area (Å²) in [5.74, 6) is 1.98. The Balaban J connectivity index is 1.85. The molecule has 4 rings (SSSR count). The summed E-state index contributed by atoms with van der Waals surface area (Å²) in [6.07, 6.45) is 4.29. The molecule has 0 amide bonds. The predicted molar refractivity (Wildman–Crippen MR) is 116 cm³/mol. The summed E-state index contributed by atoms with van der Waals surface area (Å²) >= 11 is 0. The van der Waals surface area contributed by atoms with E-state index in [0.29, 0.717) is 12.2 Å². The lowest BCUT2D eigenvalue weighted by Crippen LogP contribution is -2.48. The number of ether oxygens (including phenoxy) is 2. The Morgan fingerprint density at radius 1 is 1.34 bits per heavy atom. The van der Waals surface area contributed by atoms with Gasteiger partial charge in [0.2, 0.25) is 0 Å². The molecule has 2 aliphatic heterocycles. The van der Waals surface area contributed by atoms with Crippen LogP contribution >= 0.6 is 0 Å². The third-order valence-corrected chi connectivity index (χ3v) is 6.49. The second-order valence-corrected chi connectivity index (χ2v) is 8.52. The highest BCUT2D eigenvalue weighted by molar-refractivity contribution is 5.64. The van der Waals surface area contributed by atoms with Gasteiger partial charge < -0.3 is 14.8 Å².